The summed E-state index contributed by atoms with van der Waals surface area (Å²) in [5.41, 5.74) is 16.1. The highest BCUT2D eigenvalue weighted by molar-refractivity contribution is 7.80. The van der Waals surface area contributed by atoms with Crippen LogP contribution in [0.1, 0.15) is 26.2 Å². The summed E-state index contributed by atoms with van der Waals surface area (Å²) in [6, 6.07) is -3.00. The number of primary amides is 1. The fourth-order valence-corrected chi connectivity index (χ4v) is 1.97. The van der Waals surface area contributed by atoms with E-state index in [-0.39, 0.29) is 5.75 Å². The van der Waals surface area contributed by atoms with Crippen molar-refractivity contribution < 1.29 is 19.5 Å². The molecule has 0 unspecified atom stereocenters. The van der Waals surface area contributed by atoms with Gasteiger partial charge in [-0.3, -0.25) is 14.4 Å². The normalized spacial score (nSPS) is 16.0. The van der Waals surface area contributed by atoms with Crippen LogP contribution in [-0.4, -0.2) is 59.4 Å². The summed E-state index contributed by atoms with van der Waals surface area (Å²) in [5.74, 6) is -1.89. The van der Waals surface area contributed by atoms with E-state index < -0.39 is 42.0 Å². The smallest absolute Gasteiger partial charge is 0.243 e. The van der Waals surface area contributed by atoms with E-state index in [1.807, 2.05) is 0 Å². The molecule has 0 aromatic carbocycles. The van der Waals surface area contributed by atoms with Gasteiger partial charge in [-0.1, -0.05) is 0 Å². The molecule has 0 aliphatic carbocycles. The largest absolute Gasteiger partial charge is 0.391 e. The summed E-state index contributed by atoms with van der Waals surface area (Å²) >= 11 is 3.93. The first-order valence-electron chi connectivity index (χ1n) is 7.39. The van der Waals surface area contributed by atoms with Crippen LogP contribution >= 0.6 is 12.6 Å². The monoisotopic (exact) mass is 349 g/mol. The van der Waals surface area contributed by atoms with Gasteiger partial charge in [0, 0.05) is 5.75 Å². The molecule has 0 fully saturated rings. The Morgan fingerprint density at radius 3 is 2.22 bits per heavy atom. The Balaban J connectivity index is 4.91. The lowest BCUT2D eigenvalue weighted by molar-refractivity contribution is -0.133. The average Bonchev–Trinajstić information content (AvgIpc) is 2.49. The number of carbonyl (C=O) groups excluding carboxylic acids is 3. The maximum atomic E-state index is 12.3. The molecule has 0 bridgehead atoms. The fourth-order valence-electron chi connectivity index (χ4n) is 1.81. The minimum absolute atomic E-state index is 0.126. The number of nitrogens with one attached hydrogen (secondary N) is 2. The molecule has 0 aromatic heterocycles. The first-order chi connectivity index (χ1) is 10.7. The summed E-state index contributed by atoms with van der Waals surface area (Å²) in [5, 5.41) is 14.3. The van der Waals surface area contributed by atoms with Gasteiger partial charge in [0.2, 0.25) is 17.7 Å². The molecular weight excluding hydrogens is 322 g/mol. The molecule has 0 spiro atoms. The number of thiol groups is 1. The van der Waals surface area contributed by atoms with Crippen LogP contribution in [0, 0.1) is 0 Å². The highest BCUT2D eigenvalue weighted by Crippen LogP contribution is 2.03. The van der Waals surface area contributed by atoms with E-state index >= 15 is 0 Å². The number of nitrogens with two attached hydrogens (primary N) is 3. The van der Waals surface area contributed by atoms with Gasteiger partial charge in [0.15, 0.2) is 0 Å². The van der Waals surface area contributed by atoms with Crippen LogP contribution in [0.2, 0.25) is 0 Å². The van der Waals surface area contributed by atoms with Gasteiger partial charge in [0.1, 0.15) is 12.1 Å². The lowest BCUT2D eigenvalue weighted by atomic mass is 10.1. The standard InChI is InChI=1S/C13H27N5O4S/c1-7(19)10(11(16)20)18-13(22)9(4-2-3-5-14)17-12(21)8(15)6-23/h7-10,19,23H,2-6,14-15H2,1H3,(H2,16,20)(H,17,21)(H,18,22)/t7-,8+,9+,10+/m1/s1. The molecule has 0 heterocycles. The predicted molar refractivity (Wildman–Crippen MR) is 89.5 cm³/mol. The van der Waals surface area contributed by atoms with E-state index in [2.05, 4.69) is 23.3 Å². The Morgan fingerprint density at radius 2 is 1.78 bits per heavy atom. The van der Waals surface area contributed by atoms with E-state index in [0.29, 0.717) is 25.8 Å². The van der Waals surface area contributed by atoms with Crippen LogP contribution in [0.5, 0.6) is 0 Å². The zero-order valence-electron chi connectivity index (χ0n) is 13.2. The van der Waals surface area contributed by atoms with Crippen molar-refractivity contribution in [3.8, 4) is 0 Å². The van der Waals surface area contributed by atoms with E-state index in [4.69, 9.17) is 17.2 Å². The fraction of sp³-hybridized carbons (Fsp3) is 0.769. The molecule has 23 heavy (non-hydrogen) atoms. The van der Waals surface area contributed by atoms with Gasteiger partial charge in [-0.2, -0.15) is 12.6 Å². The molecular formula is C13H27N5O4S. The minimum Gasteiger partial charge on any atom is -0.391 e. The number of aliphatic hydroxyl groups is 1. The van der Waals surface area contributed by atoms with E-state index in [0.717, 1.165) is 0 Å². The van der Waals surface area contributed by atoms with Gasteiger partial charge < -0.3 is 32.9 Å². The molecule has 4 atom stereocenters. The maximum Gasteiger partial charge on any atom is 0.243 e. The molecule has 9 N–H and O–H groups in total. The molecule has 3 amide bonds. The van der Waals surface area contributed by atoms with Crippen molar-refractivity contribution in [3.63, 3.8) is 0 Å². The lowest BCUT2D eigenvalue weighted by Gasteiger charge is -2.24. The van der Waals surface area contributed by atoms with Crippen LogP contribution in [-0.2, 0) is 14.4 Å². The third-order valence-corrected chi connectivity index (χ3v) is 3.59. The Labute approximate surface area is 141 Å². The number of hydrogen-bond donors (Lipinski definition) is 7. The molecule has 0 rings (SSSR count). The zero-order chi connectivity index (χ0) is 18.0. The SMILES string of the molecule is C[C@@H](O)[C@H](NC(=O)[C@H](CCCCN)NC(=O)[C@@H](N)CS)C(N)=O. The topological polar surface area (TPSA) is 174 Å². The van der Waals surface area contributed by atoms with E-state index in [1.165, 1.54) is 6.92 Å². The Bertz CT molecular complexity index is 408. The molecule has 0 saturated carbocycles. The van der Waals surface area contributed by atoms with Gasteiger partial charge >= 0.3 is 0 Å². The van der Waals surface area contributed by atoms with Crippen molar-refractivity contribution in [2.45, 2.75) is 50.4 Å². The Hall–Kier alpha value is -1.36. The number of unbranched alkanes of at least 4 members (excludes halogenated alkanes) is 1. The second-order valence-electron chi connectivity index (χ2n) is 5.26. The van der Waals surface area contributed by atoms with Crippen molar-refractivity contribution in [1.29, 1.82) is 0 Å². The van der Waals surface area contributed by atoms with Crippen molar-refractivity contribution in [2.75, 3.05) is 12.3 Å². The van der Waals surface area contributed by atoms with Gasteiger partial charge in [0.05, 0.1) is 12.1 Å². The Morgan fingerprint density at radius 1 is 1.17 bits per heavy atom. The van der Waals surface area contributed by atoms with Crippen LogP contribution in [0.15, 0.2) is 0 Å². The Kier molecular flexibility index (Phi) is 10.6. The highest BCUT2D eigenvalue weighted by Gasteiger charge is 2.28. The van der Waals surface area contributed by atoms with Crippen LogP contribution in [0.4, 0.5) is 0 Å². The molecule has 134 valence electrons. The summed E-state index contributed by atoms with van der Waals surface area (Å²) in [7, 11) is 0. The van der Waals surface area contributed by atoms with E-state index in [1.54, 1.807) is 0 Å². The number of hydrogen-bond acceptors (Lipinski definition) is 7. The first-order valence-corrected chi connectivity index (χ1v) is 8.02. The van der Waals surface area contributed by atoms with Gasteiger partial charge in [-0.25, -0.2) is 0 Å². The summed E-state index contributed by atoms with van der Waals surface area (Å²) in [6.07, 6.45) is 0.435. The molecule has 0 aromatic rings. The second-order valence-corrected chi connectivity index (χ2v) is 5.63. The third-order valence-electron chi connectivity index (χ3n) is 3.20. The first kappa shape index (κ1) is 21.6. The number of rotatable bonds is 11. The summed E-state index contributed by atoms with van der Waals surface area (Å²) in [4.78, 5) is 35.4. The van der Waals surface area contributed by atoms with Crippen LogP contribution < -0.4 is 27.8 Å². The van der Waals surface area contributed by atoms with Crippen molar-refractivity contribution >= 4 is 30.4 Å². The second kappa shape index (κ2) is 11.2. The van der Waals surface area contributed by atoms with Gasteiger partial charge in [0.25, 0.3) is 0 Å². The van der Waals surface area contributed by atoms with Crippen molar-refractivity contribution in [1.82, 2.24) is 10.6 Å². The minimum atomic E-state index is -1.24. The summed E-state index contributed by atoms with van der Waals surface area (Å²) in [6.45, 7) is 1.78. The predicted octanol–water partition coefficient (Wildman–Crippen LogP) is -2.79. The molecule has 0 aliphatic heterocycles. The number of carbonyl (C=O) groups is 3. The summed E-state index contributed by atoms with van der Waals surface area (Å²) < 4.78 is 0. The molecule has 9 nitrogen and oxygen atoms in total. The third kappa shape index (κ3) is 8.16. The van der Waals surface area contributed by atoms with Gasteiger partial charge in [-0.05, 0) is 32.7 Å². The maximum absolute atomic E-state index is 12.3. The molecule has 10 heteroatoms. The van der Waals surface area contributed by atoms with Crippen LogP contribution in [0.25, 0.3) is 0 Å². The zero-order valence-corrected chi connectivity index (χ0v) is 14.1. The van der Waals surface area contributed by atoms with Crippen molar-refractivity contribution in [2.24, 2.45) is 17.2 Å². The average molecular weight is 349 g/mol. The number of aliphatic hydroxyl groups excluding tert-OH is 1. The van der Waals surface area contributed by atoms with E-state index in [9.17, 15) is 19.5 Å². The molecule has 0 radical (unpaired) electrons. The van der Waals surface area contributed by atoms with Crippen LogP contribution in [0.3, 0.4) is 0 Å². The number of amides is 3. The van der Waals surface area contributed by atoms with Crippen molar-refractivity contribution in [3.05, 3.63) is 0 Å². The lowest BCUT2D eigenvalue weighted by Crippen LogP contribution is -2.57. The molecule has 0 aliphatic rings. The highest BCUT2D eigenvalue weighted by atomic mass is 32.1. The quantitative estimate of drug-likeness (QED) is 0.157. The van der Waals surface area contributed by atoms with Gasteiger partial charge in [-0.15, -0.1) is 0 Å². The molecule has 0 saturated heterocycles.